The fourth-order valence-electron chi connectivity index (χ4n) is 1.31. The Morgan fingerprint density at radius 2 is 2.14 bits per heavy atom. The van der Waals surface area contributed by atoms with Crippen molar-refractivity contribution in [2.75, 3.05) is 0 Å². The molecule has 0 spiro atoms. The van der Waals surface area contributed by atoms with Gasteiger partial charge in [0.25, 0.3) is 0 Å². The van der Waals surface area contributed by atoms with Crippen LogP contribution in [0.2, 0.25) is 0 Å². The number of nitrogens with zero attached hydrogens (tertiary/aromatic N) is 1. The number of pyridine rings is 1. The lowest BCUT2D eigenvalue weighted by Gasteiger charge is -2.05. The normalized spacial score (nSPS) is 10.8. The third-order valence-electron chi connectivity index (χ3n) is 2.05. The minimum absolute atomic E-state index is 0.0584. The Hall–Kier alpha value is -1.16. The predicted octanol–water partition coefficient (Wildman–Crippen LogP) is 3.15. The summed E-state index contributed by atoms with van der Waals surface area (Å²) in [6.07, 6.45) is 0. The number of aromatic nitrogens is 1. The highest BCUT2D eigenvalue weighted by Gasteiger charge is 2.11. The van der Waals surface area contributed by atoms with Crippen LogP contribution in [0, 0.1) is 12.7 Å². The lowest BCUT2D eigenvalue weighted by atomic mass is 10.2. The summed E-state index contributed by atoms with van der Waals surface area (Å²) >= 11 is 3.21. The molecular formula is C10H7BrFNO. The van der Waals surface area contributed by atoms with Gasteiger partial charge in [0.2, 0.25) is 0 Å². The number of hydrogen-bond donors (Lipinski definition) is 1. The molecule has 1 aromatic carbocycles. The van der Waals surface area contributed by atoms with E-state index in [1.165, 1.54) is 6.07 Å². The average molecular weight is 256 g/mol. The molecule has 1 heterocycles. The third-order valence-corrected chi connectivity index (χ3v) is 2.86. The van der Waals surface area contributed by atoms with Crippen LogP contribution in [0.3, 0.4) is 0 Å². The number of fused-ring (bicyclic) bond motifs is 1. The highest BCUT2D eigenvalue weighted by Crippen LogP contribution is 2.33. The Balaban J connectivity index is 2.98. The highest BCUT2D eigenvalue weighted by molar-refractivity contribution is 9.10. The fourth-order valence-corrected chi connectivity index (χ4v) is 1.92. The van der Waals surface area contributed by atoms with Crippen molar-refractivity contribution in [3.8, 4) is 5.75 Å². The van der Waals surface area contributed by atoms with Crippen molar-refractivity contribution < 1.29 is 9.50 Å². The smallest absolute Gasteiger partial charge is 0.151 e. The van der Waals surface area contributed by atoms with Crippen LogP contribution in [0.15, 0.2) is 22.7 Å². The molecule has 4 heteroatoms. The van der Waals surface area contributed by atoms with Crippen molar-refractivity contribution in [2.24, 2.45) is 0 Å². The maximum Gasteiger partial charge on any atom is 0.151 e. The molecule has 72 valence electrons. The van der Waals surface area contributed by atoms with E-state index in [-0.39, 0.29) is 17.1 Å². The second-order valence-corrected chi connectivity index (χ2v) is 3.79. The van der Waals surface area contributed by atoms with E-state index < -0.39 is 0 Å². The Kier molecular flexibility index (Phi) is 2.15. The van der Waals surface area contributed by atoms with Crippen LogP contribution >= 0.6 is 15.9 Å². The molecule has 0 saturated heterocycles. The van der Waals surface area contributed by atoms with E-state index >= 15 is 0 Å². The second kappa shape index (κ2) is 3.20. The first-order valence-electron chi connectivity index (χ1n) is 4.04. The molecule has 0 aliphatic heterocycles. The summed E-state index contributed by atoms with van der Waals surface area (Å²) in [5.41, 5.74) is 0.684. The van der Waals surface area contributed by atoms with Crippen LogP contribution in [0.1, 0.15) is 5.69 Å². The SMILES string of the molecule is Cc1nc2c(F)cccc2c(Br)c1O. The molecule has 2 rings (SSSR count). The number of aromatic hydroxyl groups is 1. The number of rotatable bonds is 0. The molecular weight excluding hydrogens is 249 g/mol. The molecule has 1 N–H and O–H groups in total. The summed E-state index contributed by atoms with van der Waals surface area (Å²) in [6, 6.07) is 4.63. The van der Waals surface area contributed by atoms with E-state index in [1.54, 1.807) is 19.1 Å². The zero-order valence-electron chi connectivity index (χ0n) is 7.38. The fraction of sp³-hybridized carbons (Fsp3) is 0.100. The number of para-hydroxylation sites is 1. The lowest BCUT2D eigenvalue weighted by molar-refractivity contribution is 0.465. The standard InChI is InChI=1S/C10H7BrFNO/c1-5-10(14)8(11)6-3-2-4-7(12)9(6)13-5/h2-4,14H,1H3. The predicted molar refractivity (Wildman–Crippen MR) is 55.8 cm³/mol. The largest absolute Gasteiger partial charge is 0.505 e. The summed E-state index contributed by atoms with van der Waals surface area (Å²) in [5, 5.41) is 10.1. The van der Waals surface area contributed by atoms with Gasteiger partial charge in [-0.05, 0) is 28.9 Å². The molecule has 0 atom stereocenters. The van der Waals surface area contributed by atoms with Crippen LogP contribution in [0.5, 0.6) is 5.75 Å². The Labute approximate surface area is 88.5 Å². The summed E-state index contributed by atoms with van der Waals surface area (Å²) in [7, 11) is 0. The first-order chi connectivity index (χ1) is 6.61. The van der Waals surface area contributed by atoms with E-state index in [1.807, 2.05) is 0 Å². The minimum Gasteiger partial charge on any atom is -0.505 e. The second-order valence-electron chi connectivity index (χ2n) is 3.00. The van der Waals surface area contributed by atoms with E-state index in [2.05, 4.69) is 20.9 Å². The maximum absolute atomic E-state index is 13.3. The van der Waals surface area contributed by atoms with Gasteiger partial charge in [0.15, 0.2) is 5.75 Å². The molecule has 0 fully saturated rings. The topological polar surface area (TPSA) is 33.1 Å². The van der Waals surface area contributed by atoms with Crippen LogP contribution in [0.4, 0.5) is 4.39 Å². The maximum atomic E-state index is 13.3. The summed E-state index contributed by atoms with van der Waals surface area (Å²) in [6.45, 7) is 1.63. The van der Waals surface area contributed by atoms with Gasteiger partial charge in [-0.25, -0.2) is 9.37 Å². The van der Waals surface area contributed by atoms with Crippen LogP contribution < -0.4 is 0 Å². The highest BCUT2D eigenvalue weighted by atomic mass is 79.9. The lowest BCUT2D eigenvalue weighted by Crippen LogP contribution is -1.89. The minimum atomic E-state index is -0.383. The number of halogens is 2. The first-order valence-corrected chi connectivity index (χ1v) is 4.84. The van der Waals surface area contributed by atoms with Crippen molar-refractivity contribution >= 4 is 26.8 Å². The first kappa shape index (κ1) is 9.40. The monoisotopic (exact) mass is 255 g/mol. The molecule has 2 nitrogen and oxygen atoms in total. The third kappa shape index (κ3) is 1.26. The quantitative estimate of drug-likeness (QED) is 0.785. The Bertz CT molecular complexity index is 513. The van der Waals surface area contributed by atoms with Crippen molar-refractivity contribution in [2.45, 2.75) is 6.92 Å². The van der Waals surface area contributed by atoms with Crippen molar-refractivity contribution in [1.29, 1.82) is 0 Å². The molecule has 1 aromatic heterocycles. The van der Waals surface area contributed by atoms with Crippen LogP contribution in [0.25, 0.3) is 10.9 Å². The van der Waals surface area contributed by atoms with Crippen LogP contribution in [-0.4, -0.2) is 10.1 Å². The number of hydrogen-bond acceptors (Lipinski definition) is 2. The van der Waals surface area contributed by atoms with Gasteiger partial charge in [0.1, 0.15) is 11.3 Å². The van der Waals surface area contributed by atoms with E-state index in [0.29, 0.717) is 15.6 Å². The summed E-state index contributed by atoms with van der Waals surface area (Å²) in [4.78, 5) is 3.98. The molecule has 0 unspecified atom stereocenters. The molecule has 0 amide bonds. The molecule has 0 aliphatic rings. The van der Waals surface area contributed by atoms with Crippen LogP contribution in [-0.2, 0) is 0 Å². The molecule has 0 aliphatic carbocycles. The molecule has 2 aromatic rings. The van der Waals surface area contributed by atoms with Gasteiger partial charge in [0.05, 0.1) is 10.2 Å². The average Bonchev–Trinajstić information content (AvgIpc) is 2.17. The van der Waals surface area contributed by atoms with Gasteiger partial charge >= 0.3 is 0 Å². The molecule has 0 bridgehead atoms. The zero-order valence-corrected chi connectivity index (χ0v) is 8.97. The number of benzene rings is 1. The van der Waals surface area contributed by atoms with Gasteiger partial charge < -0.3 is 5.11 Å². The summed E-state index contributed by atoms with van der Waals surface area (Å²) in [5.74, 6) is -0.325. The Morgan fingerprint density at radius 1 is 1.43 bits per heavy atom. The van der Waals surface area contributed by atoms with Gasteiger partial charge in [0, 0.05) is 5.39 Å². The zero-order chi connectivity index (χ0) is 10.3. The van der Waals surface area contributed by atoms with Gasteiger partial charge in [-0.15, -0.1) is 0 Å². The Morgan fingerprint density at radius 3 is 2.86 bits per heavy atom. The van der Waals surface area contributed by atoms with E-state index in [0.717, 1.165) is 0 Å². The molecule has 14 heavy (non-hydrogen) atoms. The summed E-state index contributed by atoms with van der Waals surface area (Å²) < 4.78 is 13.8. The number of aryl methyl sites for hydroxylation is 1. The van der Waals surface area contributed by atoms with Gasteiger partial charge in [-0.1, -0.05) is 12.1 Å². The molecule has 0 saturated carbocycles. The van der Waals surface area contributed by atoms with Gasteiger partial charge in [-0.3, -0.25) is 0 Å². The van der Waals surface area contributed by atoms with Crippen molar-refractivity contribution in [3.63, 3.8) is 0 Å². The van der Waals surface area contributed by atoms with E-state index in [4.69, 9.17) is 0 Å². The van der Waals surface area contributed by atoms with E-state index in [9.17, 15) is 9.50 Å². The molecule has 0 radical (unpaired) electrons. The van der Waals surface area contributed by atoms with Crippen molar-refractivity contribution in [3.05, 3.63) is 34.2 Å². The van der Waals surface area contributed by atoms with Crippen molar-refractivity contribution in [1.82, 2.24) is 4.98 Å². The van der Waals surface area contributed by atoms with Gasteiger partial charge in [-0.2, -0.15) is 0 Å².